The molecule has 1 aromatic carbocycles. The monoisotopic (exact) mass is 357 g/mol. The van der Waals surface area contributed by atoms with Crippen LogP contribution >= 0.6 is 0 Å². The third kappa shape index (κ3) is 5.05. The Bertz CT molecular complexity index is 635. The molecule has 0 fully saturated rings. The van der Waals surface area contributed by atoms with Crippen LogP contribution in [-0.4, -0.2) is 69.3 Å². The van der Waals surface area contributed by atoms with Crippen LogP contribution in [0.3, 0.4) is 0 Å². The summed E-state index contributed by atoms with van der Waals surface area (Å²) in [5, 5.41) is 37.6. The molecule has 138 valence electrons. The molecule has 10 heteroatoms. The highest BCUT2D eigenvalue weighted by atomic mass is 16.6. The van der Waals surface area contributed by atoms with Crippen molar-refractivity contribution < 1.29 is 44.3 Å². The van der Waals surface area contributed by atoms with Gasteiger partial charge in [-0.15, -0.1) is 0 Å². The maximum atomic E-state index is 12.2. The Morgan fingerprint density at radius 3 is 2.40 bits per heavy atom. The first kappa shape index (κ1) is 20.7. The van der Waals surface area contributed by atoms with Crippen LogP contribution in [-0.2, 0) is 14.3 Å². The van der Waals surface area contributed by atoms with Crippen LogP contribution in [0.4, 0.5) is 0 Å². The van der Waals surface area contributed by atoms with E-state index in [0.29, 0.717) is 0 Å². The van der Waals surface area contributed by atoms with Gasteiger partial charge in [0.2, 0.25) is 5.72 Å². The highest BCUT2D eigenvalue weighted by Gasteiger charge is 2.45. The van der Waals surface area contributed by atoms with Gasteiger partial charge in [0.15, 0.2) is 6.29 Å². The first-order chi connectivity index (χ1) is 11.7. The van der Waals surface area contributed by atoms with Gasteiger partial charge in [0.1, 0.15) is 29.6 Å². The van der Waals surface area contributed by atoms with Crippen LogP contribution in [0.25, 0.3) is 0 Å². The van der Waals surface area contributed by atoms with Crippen LogP contribution in [0, 0.1) is 0 Å². The van der Waals surface area contributed by atoms with Gasteiger partial charge in [0, 0.05) is 6.92 Å². The summed E-state index contributed by atoms with van der Waals surface area (Å²) in [7, 11) is 0. The van der Waals surface area contributed by atoms with Gasteiger partial charge in [-0.3, -0.25) is 15.3 Å². The van der Waals surface area contributed by atoms with E-state index in [2.05, 4.69) is 0 Å². The number of aliphatic hydroxyl groups is 4. The van der Waals surface area contributed by atoms with Gasteiger partial charge in [-0.2, -0.15) is 0 Å². The van der Waals surface area contributed by atoms with E-state index in [9.17, 15) is 29.7 Å². The molecule has 0 bridgehead atoms. The number of nitrogens with two attached hydrogens (primary N) is 1. The number of aliphatic hydroxyl groups excluding tert-OH is 4. The number of para-hydroxylation sites is 1. The molecule has 1 rings (SSSR count). The second-order valence-corrected chi connectivity index (χ2v) is 5.14. The zero-order valence-corrected chi connectivity index (χ0v) is 13.2. The molecular weight excluding hydrogens is 338 g/mol. The van der Waals surface area contributed by atoms with Crippen molar-refractivity contribution in [1.29, 1.82) is 0 Å². The molecule has 0 heterocycles. The Hall–Kier alpha value is -2.37. The number of hydrogen-bond acceptors (Lipinski definition) is 10. The lowest BCUT2D eigenvalue weighted by atomic mass is 9.99. The van der Waals surface area contributed by atoms with Crippen LogP contribution in [0.5, 0.6) is 5.75 Å². The molecule has 0 saturated carbocycles. The van der Waals surface area contributed by atoms with Crippen molar-refractivity contribution in [2.75, 3.05) is 6.61 Å². The van der Waals surface area contributed by atoms with E-state index in [4.69, 9.17) is 20.3 Å². The van der Waals surface area contributed by atoms with E-state index in [1.54, 1.807) is 0 Å². The number of rotatable bonds is 8. The molecule has 10 nitrogen and oxygen atoms in total. The Morgan fingerprint density at radius 2 is 1.88 bits per heavy atom. The van der Waals surface area contributed by atoms with Gasteiger partial charge in [-0.1, -0.05) is 12.1 Å². The normalized spacial score (nSPS) is 16.9. The Morgan fingerprint density at radius 1 is 1.28 bits per heavy atom. The summed E-state index contributed by atoms with van der Waals surface area (Å²) in [6.07, 6.45) is -6.28. The van der Waals surface area contributed by atoms with Gasteiger partial charge in [0.05, 0.1) is 6.61 Å². The van der Waals surface area contributed by atoms with E-state index >= 15 is 0 Å². The fraction of sp³-hybridized carbons (Fsp3) is 0.400. The maximum Gasteiger partial charge on any atom is 0.344 e. The molecule has 0 aliphatic heterocycles. The van der Waals surface area contributed by atoms with Crippen molar-refractivity contribution in [1.82, 2.24) is 0 Å². The number of carbonyl (C=O) groups excluding carboxylic acids is 3. The molecule has 0 aliphatic rings. The standard InChI is InChI=1S/C15H19NO9/c1-8(19)24-11-5-3-2-4-9(11)14(23)25-15(16,7-18)13(22)12(21)10(20)6-17/h2-5,7,10,12-13,17,20-22H,6,16H2,1H3/t10-,12+,13-,15+/m1/s1. The van der Waals surface area contributed by atoms with Crippen LogP contribution < -0.4 is 10.5 Å². The molecule has 0 aromatic heterocycles. The topological polar surface area (TPSA) is 177 Å². The Labute approximate surface area is 142 Å². The number of ether oxygens (including phenoxy) is 2. The highest BCUT2D eigenvalue weighted by molar-refractivity contribution is 5.94. The number of carbonyl (C=O) groups is 3. The summed E-state index contributed by atoms with van der Waals surface area (Å²) in [4.78, 5) is 34.5. The summed E-state index contributed by atoms with van der Waals surface area (Å²) in [5.74, 6) is -2.11. The highest BCUT2D eigenvalue weighted by Crippen LogP contribution is 2.22. The van der Waals surface area contributed by atoms with Crippen molar-refractivity contribution in [3.8, 4) is 5.75 Å². The largest absolute Gasteiger partial charge is 0.430 e. The number of hydrogen-bond donors (Lipinski definition) is 5. The quantitative estimate of drug-likeness (QED) is 0.147. The molecule has 0 unspecified atom stereocenters. The van der Waals surface area contributed by atoms with E-state index in [1.807, 2.05) is 0 Å². The summed E-state index contributed by atoms with van der Waals surface area (Å²) >= 11 is 0. The van der Waals surface area contributed by atoms with E-state index in [1.165, 1.54) is 24.3 Å². The molecular formula is C15H19NO9. The van der Waals surface area contributed by atoms with Crippen LogP contribution in [0.2, 0.25) is 0 Å². The molecule has 6 N–H and O–H groups in total. The summed E-state index contributed by atoms with van der Waals surface area (Å²) in [6.45, 7) is 0.174. The second-order valence-electron chi connectivity index (χ2n) is 5.14. The van der Waals surface area contributed by atoms with Crippen LogP contribution in [0.1, 0.15) is 17.3 Å². The van der Waals surface area contributed by atoms with Crippen molar-refractivity contribution in [3.05, 3.63) is 29.8 Å². The average molecular weight is 357 g/mol. The smallest absolute Gasteiger partial charge is 0.344 e. The fourth-order valence-corrected chi connectivity index (χ4v) is 1.83. The zero-order chi connectivity index (χ0) is 19.2. The number of aldehydes is 1. The second kappa shape index (κ2) is 8.65. The van der Waals surface area contributed by atoms with Gasteiger partial charge < -0.3 is 29.9 Å². The zero-order valence-electron chi connectivity index (χ0n) is 13.2. The first-order valence-corrected chi connectivity index (χ1v) is 7.07. The van der Waals surface area contributed by atoms with Crippen molar-refractivity contribution in [2.45, 2.75) is 31.0 Å². The molecule has 0 spiro atoms. The fourth-order valence-electron chi connectivity index (χ4n) is 1.83. The molecule has 4 atom stereocenters. The van der Waals surface area contributed by atoms with Crippen LogP contribution in [0.15, 0.2) is 24.3 Å². The summed E-state index contributed by atoms with van der Waals surface area (Å²) in [5.41, 5.74) is 2.51. The lowest BCUT2D eigenvalue weighted by molar-refractivity contribution is -0.165. The molecule has 25 heavy (non-hydrogen) atoms. The molecule has 1 aromatic rings. The minimum atomic E-state index is -2.73. The lowest BCUT2D eigenvalue weighted by Gasteiger charge is -2.32. The van der Waals surface area contributed by atoms with Crippen molar-refractivity contribution >= 4 is 18.2 Å². The van der Waals surface area contributed by atoms with Gasteiger partial charge in [-0.25, -0.2) is 4.79 Å². The van der Waals surface area contributed by atoms with E-state index in [-0.39, 0.29) is 17.6 Å². The lowest BCUT2D eigenvalue weighted by Crippen LogP contribution is -2.62. The van der Waals surface area contributed by atoms with Crippen molar-refractivity contribution in [3.63, 3.8) is 0 Å². The molecule has 0 radical (unpaired) electrons. The predicted octanol–water partition coefficient (Wildman–Crippen LogP) is -2.30. The van der Waals surface area contributed by atoms with Gasteiger partial charge >= 0.3 is 11.9 Å². The SMILES string of the molecule is CC(=O)Oc1ccccc1C(=O)O[C@@](N)(C=O)[C@H](O)[C@@H](O)[C@H](O)CO. The number of esters is 2. The first-order valence-electron chi connectivity index (χ1n) is 7.07. The molecule has 0 aliphatic carbocycles. The number of benzene rings is 1. The third-order valence-electron chi connectivity index (χ3n) is 3.18. The maximum absolute atomic E-state index is 12.2. The van der Waals surface area contributed by atoms with Crippen molar-refractivity contribution in [2.24, 2.45) is 5.73 Å². The minimum absolute atomic E-state index is 0.142. The van der Waals surface area contributed by atoms with Gasteiger partial charge in [-0.05, 0) is 12.1 Å². The van der Waals surface area contributed by atoms with Gasteiger partial charge in [0.25, 0.3) is 0 Å². The summed E-state index contributed by atoms with van der Waals surface area (Å²) in [6, 6.07) is 5.40. The minimum Gasteiger partial charge on any atom is -0.430 e. The Kier molecular flexibility index (Phi) is 7.15. The Balaban J connectivity index is 3.07. The third-order valence-corrected chi connectivity index (χ3v) is 3.18. The average Bonchev–Trinajstić information content (AvgIpc) is 2.59. The summed E-state index contributed by atoms with van der Waals surface area (Å²) < 4.78 is 9.57. The van der Waals surface area contributed by atoms with E-state index < -0.39 is 42.6 Å². The van der Waals surface area contributed by atoms with E-state index in [0.717, 1.165) is 6.92 Å². The molecule has 0 saturated heterocycles. The predicted molar refractivity (Wildman–Crippen MR) is 81.3 cm³/mol. The molecule has 0 amide bonds.